The number of nitrogens with zero attached hydrogens (tertiary/aromatic N) is 2. The average molecular weight is 420 g/mol. The Kier molecular flexibility index (Phi) is 4.56. The van der Waals surface area contributed by atoms with Gasteiger partial charge in [0.25, 0.3) is 5.56 Å². The number of nitrogens with one attached hydrogen (secondary N) is 1. The van der Waals surface area contributed by atoms with Crippen LogP contribution in [0.3, 0.4) is 0 Å². The third kappa shape index (κ3) is 3.52. The van der Waals surface area contributed by atoms with Gasteiger partial charge < -0.3 is 5.11 Å². The number of aromatic nitrogens is 2. The zero-order valence-electron chi connectivity index (χ0n) is 14.1. The molecule has 0 aliphatic heterocycles. The molecule has 2 aromatic carbocycles. The lowest BCUT2D eigenvalue weighted by Crippen LogP contribution is -2.08. The lowest BCUT2D eigenvalue weighted by atomic mass is 10.1. The predicted molar refractivity (Wildman–Crippen MR) is 111 cm³/mol. The monoisotopic (exact) mass is 419 g/mol. The Hall–Kier alpha value is -3.25. The summed E-state index contributed by atoms with van der Waals surface area (Å²) in [6.07, 6.45) is 5.06. The van der Waals surface area contributed by atoms with Crippen molar-refractivity contribution in [3.8, 4) is 17.0 Å². The number of aliphatic imine (C=N–C) groups is 1. The number of pyridine rings is 2. The molecule has 0 saturated carbocycles. The summed E-state index contributed by atoms with van der Waals surface area (Å²) in [4.78, 5) is 23.0. The fourth-order valence-electron chi connectivity index (χ4n) is 2.86. The molecule has 0 saturated heterocycles. The molecule has 2 N–H and O–H groups in total. The van der Waals surface area contributed by atoms with Crippen LogP contribution in [0.1, 0.15) is 5.56 Å². The summed E-state index contributed by atoms with van der Waals surface area (Å²) in [7, 11) is 0. The van der Waals surface area contributed by atoms with Crippen LogP contribution in [-0.2, 0) is 0 Å². The maximum Gasteiger partial charge on any atom is 0.258 e. The molecule has 27 heavy (non-hydrogen) atoms. The van der Waals surface area contributed by atoms with Crippen molar-refractivity contribution in [3.63, 3.8) is 0 Å². The largest absolute Gasteiger partial charge is 0.494 e. The van der Waals surface area contributed by atoms with E-state index in [0.29, 0.717) is 16.3 Å². The molecule has 0 amide bonds. The molecule has 2 heterocycles. The van der Waals surface area contributed by atoms with Gasteiger partial charge in [-0.1, -0.05) is 28.1 Å². The number of hydrogen-bond acceptors (Lipinski definition) is 4. The predicted octanol–water partition coefficient (Wildman–Crippen LogP) is 4.81. The van der Waals surface area contributed by atoms with E-state index in [1.54, 1.807) is 36.8 Å². The maximum absolute atomic E-state index is 12.0. The van der Waals surface area contributed by atoms with Gasteiger partial charge in [0, 0.05) is 33.9 Å². The fourth-order valence-corrected chi connectivity index (χ4v) is 3.22. The van der Waals surface area contributed by atoms with E-state index in [2.05, 4.69) is 30.9 Å². The smallest absolute Gasteiger partial charge is 0.258 e. The van der Waals surface area contributed by atoms with Crippen LogP contribution in [0.15, 0.2) is 81.3 Å². The molecule has 5 nitrogen and oxygen atoms in total. The first-order valence-corrected chi connectivity index (χ1v) is 9.00. The Morgan fingerprint density at radius 2 is 1.67 bits per heavy atom. The molecule has 0 bridgehead atoms. The van der Waals surface area contributed by atoms with Gasteiger partial charge in [-0.3, -0.25) is 19.8 Å². The number of rotatable bonds is 3. The van der Waals surface area contributed by atoms with Crippen LogP contribution in [0.4, 0.5) is 5.69 Å². The van der Waals surface area contributed by atoms with Gasteiger partial charge in [0.15, 0.2) is 0 Å². The number of hydrogen-bond donors (Lipinski definition) is 2. The molecule has 6 heteroatoms. The minimum atomic E-state index is -0.339. The summed E-state index contributed by atoms with van der Waals surface area (Å²) in [6, 6.07) is 16.9. The second-order valence-corrected chi connectivity index (χ2v) is 6.86. The van der Waals surface area contributed by atoms with Crippen LogP contribution in [0.25, 0.3) is 21.9 Å². The molecule has 0 unspecified atom stereocenters. The lowest BCUT2D eigenvalue weighted by Gasteiger charge is -2.05. The molecule has 2 aromatic heterocycles. The van der Waals surface area contributed by atoms with Crippen LogP contribution in [0.5, 0.6) is 5.88 Å². The first-order chi connectivity index (χ1) is 13.1. The maximum atomic E-state index is 12.0. The standard InChI is InChI=1S/C21H14BrN3O2/c22-15-3-6-17-18(11-15)19(21(27)25-20(17)26)12-24-16-4-1-13(2-5-16)14-7-9-23-10-8-14/h1-12H,(H2,25,26,27). The van der Waals surface area contributed by atoms with Crippen molar-refractivity contribution in [2.24, 2.45) is 4.99 Å². The van der Waals surface area contributed by atoms with Crippen molar-refractivity contribution < 1.29 is 5.11 Å². The number of H-pyrrole nitrogens is 1. The third-order valence-corrected chi connectivity index (χ3v) is 4.72. The normalized spacial score (nSPS) is 11.3. The fraction of sp³-hybridized carbons (Fsp3) is 0. The Labute approximate surface area is 163 Å². The van der Waals surface area contributed by atoms with E-state index >= 15 is 0 Å². The highest BCUT2D eigenvalue weighted by atomic mass is 79.9. The number of halogens is 1. The van der Waals surface area contributed by atoms with Crippen LogP contribution in [0.2, 0.25) is 0 Å². The van der Waals surface area contributed by atoms with E-state index in [1.807, 2.05) is 36.4 Å². The number of aromatic amines is 1. The Morgan fingerprint density at radius 1 is 0.963 bits per heavy atom. The summed E-state index contributed by atoms with van der Waals surface area (Å²) in [5, 5.41) is 11.3. The Bertz CT molecular complexity index is 1200. The second-order valence-electron chi connectivity index (χ2n) is 5.95. The summed E-state index contributed by atoms with van der Waals surface area (Å²) in [5.74, 6) is -0.206. The summed E-state index contributed by atoms with van der Waals surface area (Å²) in [5.41, 5.74) is 3.01. The van der Waals surface area contributed by atoms with Crippen LogP contribution < -0.4 is 5.56 Å². The highest BCUT2D eigenvalue weighted by Crippen LogP contribution is 2.26. The van der Waals surface area contributed by atoms with E-state index in [0.717, 1.165) is 21.3 Å². The van der Waals surface area contributed by atoms with Gasteiger partial charge >= 0.3 is 0 Å². The number of aromatic hydroxyl groups is 1. The summed E-state index contributed by atoms with van der Waals surface area (Å²) in [6.45, 7) is 0. The average Bonchev–Trinajstić information content (AvgIpc) is 2.68. The first-order valence-electron chi connectivity index (χ1n) is 8.21. The molecule has 0 atom stereocenters. The highest BCUT2D eigenvalue weighted by Gasteiger charge is 2.09. The van der Waals surface area contributed by atoms with Crippen molar-refractivity contribution in [1.29, 1.82) is 0 Å². The molecule has 0 spiro atoms. The van der Waals surface area contributed by atoms with Crippen LogP contribution in [-0.4, -0.2) is 21.3 Å². The molecular weight excluding hydrogens is 406 g/mol. The molecule has 0 radical (unpaired) electrons. The van der Waals surface area contributed by atoms with Gasteiger partial charge in [0.05, 0.1) is 11.3 Å². The van der Waals surface area contributed by atoms with E-state index in [-0.39, 0.29) is 11.4 Å². The Morgan fingerprint density at radius 3 is 2.41 bits per heavy atom. The number of fused-ring (bicyclic) bond motifs is 1. The van der Waals surface area contributed by atoms with E-state index in [4.69, 9.17) is 0 Å². The van der Waals surface area contributed by atoms with Crippen molar-refractivity contribution in [1.82, 2.24) is 9.97 Å². The van der Waals surface area contributed by atoms with Gasteiger partial charge in [0.2, 0.25) is 5.88 Å². The molecule has 132 valence electrons. The van der Waals surface area contributed by atoms with Gasteiger partial charge in [-0.05, 0) is 53.6 Å². The lowest BCUT2D eigenvalue weighted by molar-refractivity contribution is 0.452. The second kappa shape index (κ2) is 7.17. The molecule has 4 rings (SSSR count). The summed E-state index contributed by atoms with van der Waals surface area (Å²) < 4.78 is 0.816. The zero-order chi connectivity index (χ0) is 18.8. The first kappa shape index (κ1) is 17.2. The van der Waals surface area contributed by atoms with Crippen molar-refractivity contribution in [2.45, 2.75) is 0 Å². The van der Waals surface area contributed by atoms with Gasteiger partial charge in [0.1, 0.15) is 0 Å². The van der Waals surface area contributed by atoms with Crippen LogP contribution in [0, 0.1) is 0 Å². The van der Waals surface area contributed by atoms with E-state index in [1.165, 1.54) is 0 Å². The minimum absolute atomic E-state index is 0.206. The third-order valence-electron chi connectivity index (χ3n) is 4.23. The van der Waals surface area contributed by atoms with Crippen LogP contribution >= 0.6 is 15.9 Å². The quantitative estimate of drug-likeness (QED) is 0.467. The molecule has 0 aliphatic carbocycles. The van der Waals surface area contributed by atoms with Gasteiger partial charge in [-0.2, -0.15) is 0 Å². The van der Waals surface area contributed by atoms with E-state index < -0.39 is 0 Å². The van der Waals surface area contributed by atoms with Gasteiger partial charge in [-0.25, -0.2) is 0 Å². The van der Waals surface area contributed by atoms with Crippen molar-refractivity contribution in [3.05, 3.63) is 87.4 Å². The van der Waals surface area contributed by atoms with Crippen molar-refractivity contribution in [2.75, 3.05) is 0 Å². The molecule has 4 aromatic rings. The minimum Gasteiger partial charge on any atom is -0.494 e. The highest BCUT2D eigenvalue weighted by molar-refractivity contribution is 9.10. The SMILES string of the molecule is O=c1[nH]c(O)c(C=Nc2ccc(-c3ccncc3)cc2)c2cc(Br)ccc12. The zero-order valence-corrected chi connectivity index (χ0v) is 15.6. The molecular formula is C21H14BrN3O2. The molecule has 0 fully saturated rings. The van der Waals surface area contributed by atoms with Crippen molar-refractivity contribution >= 4 is 38.6 Å². The molecule has 0 aliphatic rings. The Balaban J connectivity index is 1.71. The van der Waals surface area contributed by atoms with E-state index in [9.17, 15) is 9.90 Å². The number of benzene rings is 2. The summed E-state index contributed by atoms with van der Waals surface area (Å²) >= 11 is 3.40. The van der Waals surface area contributed by atoms with Gasteiger partial charge in [-0.15, -0.1) is 0 Å². The topological polar surface area (TPSA) is 78.3 Å².